The zero-order valence-electron chi connectivity index (χ0n) is 13.4. The first-order chi connectivity index (χ1) is 9.39. The summed E-state index contributed by atoms with van der Waals surface area (Å²) >= 11 is 0. The molecule has 0 aromatic carbocycles. The number of aromatic nitrogens is 2. The number of hydrogen-bond acceptors (Lipinski definition) is 3. The Labute approximate surface area is 133 Å². The van der Waals surface area contributed by atoms with E-state index < -0.39 is 0 Å². The van der Waals surface area contributed by atoms with Gasteiger partial charge in [0.15, 0.2) is 5.69 Å². The number of nitrogens with one attached hydrogen (secondary N) is 3. The van der Waals surface area contributed by atoms with E-state index >= 15 is 0 Å². The zero-order valence-corrected chi connectivity index (χ0v) is 14.2. The molecule has 0 atom stereocenters. The summed E-state index contributed by atoms with van der Waals surface area (Å²) in [7, 11) is 0. The van der Waals surface area contributed by atoms with Crippen molar-refractivity contribution in [2.45, 2.75) is 47.1 Å². The van der Waals surface area contributed by atoms with Gasteiger partial charge in [0.25, 0.3) is 5.91 Å². The van der Waals surface area contributed by atoms with Gasteiger partial charge in [-0.25, -0.2) is 0 Å². The van der Waals surface area contributed by atoms with Crippen LogP contribution in [0.3, 0.4) is 0 Å². The second kappa shape index (κ2) is 7.27. The highest BCUT2D eigenvalue weighted by molar-refractivity contribution is 5.94. The lowest BCUT2D eigenvalue weighted by Gasteiger charge is -2.26. The summed E-state index contributed by atoms with van der Waals surface area (Å²) in [5.74, 6) is 0.562. The van der Waals surface area contributed by atoms with E-state index in [1.54, 1.807) is 0 Å². The first-order valence-electron chi connectivity index (χ1n) is 7.44. The number of amides is 1. The number of aromatic amines is 1. The lowest BCUT2D eigenvalue weighted by molar-refractivity contribution is 0.0925. The standard InChI is InChI=1S/C15H26N4O.ClH/c1-10(2)7-15(3,4)9-17-14(20)13-11-8-16-6-5-12(11)18-19-13;/h10,16H,5-9H2,1-4H3,(H,17,20)(H,18,19);1H. The largest absolute Gasteiger partial charge is 0.350 e. The summed E-state index contributed by atoms with van der Waals surface area (Å²) in [6.45, 7) is 11.1. The molecule has 0 saturated carbocycles. The number of rotatable bonds is 5. The van der Waals surface area contributed by atoms with Crippen molar-refractivity contribution in [3.63, 3.8) is 0 Å². The van der Waals surface area contributed by atoms with Crippen molar-refractivity contribution in [2.24, 2.45) is 11.3 Å². The fourth-order valence-corrected chi connectivity index (χ4v) is 2.99. The number of H-pyrrole nitrogens is 1. The Morgan fingerprint density at radius 1 is 1.43 bits per heavy atom. The van der Waals surface area contributed by atoms with Crippen LogP contribution in [0.25, 0.3) is 0 Å². The van der Waals surface area contributed by atoms with Crippen LogP contribution in [0.4, 0.5) is 0 Å². The summed E-state index contributed by atoms with van der Waals surface area (Å²) < 4.78 is 0. The van der Waals surface area contributed by atoms with E-state index in [0.29, 0.717) is 18.2 Å². The van der Waals surface area contributed by atoms with Crippen LogP contribution in [0, 0.1) is 11.3 Å². The minimum Gasteiger partial charge on any atom is -0.350 e. The van der Waals surface area contributed by atoms with Crippen LogP contribution < -0.4 is 10.6 Å². The van der Waals surface area contributed by atoms with Gasteiger partial charge in [-0.1, -0.05) is 27.7 Å². The molecule has 0 saturated heterocycles. The van der Waals surface area contributed by atoms with Crippen LogP contribution in [-0.2, 0) is 13.0 Å². The van der Waals surface area contributed by atoms with Crippen molar-refractivity contribution in [3.8, 4) is 0 Å². The third-order valence-electron chi connectivity index (χ3n) is 3.71. The van der Waals surface area contributed by atoms with Crippen LogP contribution >= 0.6 is 12.4 Å². The van der Waals surface area contributed by atoms with E-state index in [4.69, 9.17) is 0 Å². The highest BCUT2D eigenvalue weighted by atomic mass is 35.5. The number of carbonyl (C=O) groups is 1. The van der Waals surface area contributed by atoms with Gasteiger partial charge in [0, 0.05) is 37.3 Å². The van der Waals surface area contributed by atoms with Gasteiger partial charge in [-0.2, -0.15) is 5.10 Å². The van der Waals surface area contributed by atoms with E-state index in [0.717, 1.165) is 37.2 Å². The van der Waals surface area contributed by atoms with E-state index in [1.165, 1.54) is 0 Å². The lowest BCUT2D eigenvalue weighted by Crippen LogP contribution is -2.36. The van der Waals surface area contributed by atoms with Gasteiger partial charge in [0.2, 0.25) is 0 Å². The Morgan fingerprint density at radius 3 is 2.81 bits per heavy atom. The summed E-state index contributed by atoms with van der Waals surface area (Å²) in [5.41, 5.74) is 2.77. The van der Waals surface area contributed by atoms with Crippen LogP contribution in [0.1, 0.15) is 55.9 Å². The smallest absolute Gasteiger partial charge is 0.272 e. The van der Waals surface area contributed by atoms with E-state index in [-0.39, 0.29) is 23.7 Å². The first kappa shape index (κ1) is 18.0. The zero-order chi connectivity index (χ0) is 14.8. The van der Waals surface area contributed by atoms with Gasteiger partial charge in [-0.15, -0.1) is 12.4 Å². The number of hydrogen-bond donors (Lipinski definition) is 3. The minimum absolute atomic E-state index is 0. The Kier molecular flexibility index (Phi) is 6.23. The maximum absolute atomic E-state index is 12.3. The average Bonchev–Trinajstić information content (AvgIpc) is 2.78. The summed E-state index contributed by atoms with van der Waals surface area (Å²) in [6.07, 6.45) is 2.00. The lowest BCUT2D eigenvalue weighted by atomic mass is 9.84. The third-order valence-corrected chi connectivity index (χ3v) is 3.71. The second-order valence-electron chi connectivity index (χ2n) is 6.90. The van der Waals surface area contributed by atoms with E-state index in [2.05, 4.69) is 48.5 Å². The molecule has 3 N–H and O–H groups in total. The molecule has 5 nitrogen and oxygen atoms in total. The molecule has 2 heterocycles. The van der Waals surface area contributed by atoms with E-state index in [1.807, 2.05) is 0 Å². The summed E-state index contributed by atoms with van der Waals surface area (Å²) in [5, 5.41) is 13.5. The summed E-state index contributed by atoms with van der Waals surface area (Å²) in [6, 6.07) is 0. The average molecular weight is 315 g/mol. The van der Waals surface area contributed by atoms with Crippen LogP contribution in [-0.4, -0.2) is 29.2 Å². The second-order valence-corrected chi connectivity index (χ2v) is 6.90. The molecule has 6 heteroatoms. The Bertz CT molecular complexity index is 482. The molecule has 0 spiro atoms. The van der Waals surface area contributed by atoms with Crippen molar-refractivity contribution in [2.75, 3.05) is 13.1 Å². The Balaban J connectivity index is 0.00000220. The molecular weight excluding hydrogens is 288 g/mol. The number of nitrogens with zero attached hydrogens (tertiary/aromatic N) is 1. The Hall–Kier alpha value is -1.07. The fourth-order valence-electron chi connectivity index (χ4n) is 2.99. The molecular formula is C15H27ClN4O. The molecule has 1 amide bonds. The monoisotopic (exact) mass is 314 g/mol. The van der Waals surface area contributed by atoms with Gasteiger partial charge in [-0.05, 0) is 17.8 Å². The first-order valence-corrected chi connectivity index (χ1v) is 7.44. The molecule has 0 aliphatic carbocycles. The van der Waals surface area contributed by atoms with Gasteiger partial charge >= 0.3 is 0 Å². The van der Waals surface area contributed by atoms with E-state index in [9.17, 15) is 4.79 Å². The number of fused-ring (bicyclic) bond motifs is 1. The minimum atomic E-state index is -0.0666. The molecule has 1 aromatic rings. The normalized spacial score (nSPS) is 14.5. The van der Waals surface area contributed by atoms with Crippen molar-refractivity contribution in [1.82, 2.24) is 20.8 Å². The van der Waals surface area contributed by atoms with Crippen molar-refractivity contribution < 1.29 is 4.79 Å². The van der Waals surface area contributed by atoms with Crippen molar-refractivity contribution >= 4 is 18.3 Å². The highest BCUT2D eigenvalue weighted by Crippen LogP contribution is 2.24. The quantitative estimate of drug-likeness (QED) is 0.781. The van der Waals surface area contributed by atoms with Gasteiger partial charge in [0.05, 0.1) is 0 Å². The van der Waals surface area contributed by atoms with Gasteiger partial charge < -0.3 is 10.6 Å². The fraction of sp³-hybridized carbons (Fsp3) is 0.733. The molecule has 0 fully saturated rings. The molecule has 0 bridgehead atoms. The molecule has 0 radical (unpaired) electrons. The maximum atomic E-state index is 12.3. The number of carbonyl (C=O) groups excluding carboxylic acids is 1. The maximum Gasteiger partial charge on any atom is 0.272 e. The number of halogens is 1. The predicted molar refractivity (Wildman–Crippen MR) is 86.8 cm³/mol. The molecule has 1 aliphatic heterocycles. The molecule has 2 rings (SSSR count). The van der Waals surface area contributed by atoms with Crippen LogP contribution in [0.5, 0.6) is 0 Å². The molecule has 1 aliphatic rings. The molecule has 1 aromatic heterocycles. The van der Waals surface area contributed by atoms with Gasteiger partial charge in [0.1, 0.15) is 0 Å². The van der Waals surface area contributed by atoms with Crippen LogP contribution in [0.15, 0.2) is 0 Å². The Morgan fingerprint density at radius 2 is 2.14 bits per heavy atom. The topological polar surface area (TPSA) is 69.8 Å². The highest BCUT2D eigenvalue weighted by Gasteiger charge is 2.24. The van der Waals surface area contributed by atoms with Gasteiger partial charge in [-0.3, -0.25) is 9.89 Å². The molecule has 0 unspecified atom stereocenters. The molecule has 120 valence electrons. The summed E-state index contributed by atoms with van der Waals surface area (Å²) in [4.78, 5) is 12.3. The van der Waals surface area contributed by atoms with Crippen molar-refractivity contribution in [1.29, 1.82) is 0 Å². The van der Waals surface area contributed by atoms with Crippen molar-refractivity contribution in [3.05, 3.63) is 17.0 Å². The SMILES string of the molecule is CC(C)CC(C)(C)CNC(=O)c1n[nH]c2c1CNCC2.Cl. The van der Waals surface area contributed by atoms with Crippen LogP contribution in [0.2, 0.25) is 0 Å². The molecule has 21 heavy (non-hydrogen) atoms. The third kappa shape index (κ3) is 4.71. The predicted octanol–water partition coefficient (Wildman–Crippen LogP) is 2.28.